The second-order valence-electron chi connectivity index (χ2n) is 8.54. The van der Waals surface area contributed by atoms with E-state index in [4.69, 9.17) is 4.74 Å². The van der Waals surface area contributed by atoms with Crippen molar-refractivity contribution in [3.8, 4) is 0 Å². The highest BCUT2D eigenvalue weighted by Crippen LogP contribution is 2.59. The molecule has 0 saturated heterocycles. The number of fused-ring (bicyclic) bond motifs is 1. The molecular weight excluding hydrogens is 316 g/mol. The van der Waals surface area contributed by atoms with Crippen LogP contribution in [0.5, 0.6) is 0 Å². The summed E-state index contributed by atoms with van der Waals surface area (Å²) in [5, 5.41) is 13.1. The van der Waals surface area contributed by atoms with Crippen molar-refractivity contribution >= 4 is 5.91 Å². The number of carbonyl (C=O) groups is 1. The minimum Gasteiger partial charge on any atom is -0.389 e. The van der Waals surface area contributed by atoms with E-state index in [-0.39, 0.29) is 11.9 Å². The van der Waals surface area contributed by atoms with Crippen LogP contribution >= 0.6 is 0 Å². The Morgan fingerprint density at radius 3 is 2.76 bits per heavy atom. The summed E-state index contributed by atoms with van der Waals surface area (Å²) in [6.07, 6.45) is 4.22. The lowest BCUT2D eigenvalue weighted by Gasteiger charge is -2.56. The smallest absolute Gasteiger partial charge is 0.234 e. The van der Waals surface area contributed by atoms with E-state index in [9.17, 15) is 9.90 Å². The maximum Gasteiger partial charge on any atom is 0.234 e. The standard InChI is InChI=1S/C20H36N2O3/c1-6-22(11-19(24)21-14(2)3)10-17(23)13-25-12-15-7-8-16-9-18(15)20(16,4)5/h7,14,16-18,23H,6,8-13H2,1-5H3,(H,21,24). The number of ether oxygens (including phenoxy) is 1. The molecule has 0 heterocycles. The Bertz CT molecular complexity index is 487. The molecule has 0 aromatic carbocycles. The average Bonchev–Trinajstić information content (AvgIpc) is 2.53. The topological polar surface area (TPSA) is 61.8 Å². The molecule has 3 aliphatic carbocycles. The van der Waals surface area contributed by atoms with Crippen LogP contribution in [0, 0.1) is 17.3 Å². The highest BCUT2D eigenvalue weighted by atomic mass is 16.5. The molecule has 0 aliphatic heterocycles. The number of aliphatic hydroxyl groups excluding tert-OH is 1. The van der Waals surface area contributed by atoms with Crippen molar-refractivity contribution in [2.24, 2.45) is 17.3 Å². The lowest BCUT2D eigenvalue weighted by atomic mass is 9.49. The second kappa shape index (κ2) is 8.65. The number of rotatable bonds is 10. The van der Waals surface area contributed by atoms with Gasteiger partial charge < -0.3 is 15.2 Å². The number of hydrogen-bond acceptors (Lipinski definition) is 4. The van der Waals surface area contributed by atoms with Gasteiger partial charge in [0.15, 0.2) is 0 Å². The summed E-state index contributed by atoms with van der Waals surface area (Å²) in [5.74, 6) is 1.48. The number of carbonyl (C=O) groups excluding carboxylic acids is 1. The molecule has 1 fully saturated rings. The van der Waals surface area contributed by atoms with Gasteiger partial charge in [0.05, 0.1) is 25.9 Å². The molecule has 0 aromatic rings. The minimum atomic E-state index is -0.571. The fraction of sp³-hybridized carbons (Fsp3) is 0.850. The maximum atomic E-state index is 11.9. The van der Waals surface area contributed by atoms with Crippen LogP contribution in [0.25, 0.3) is 0 Å². The van der Waals surface area contributed by atoms with Gasteiger partial charge in [0.2, 0.25) is 5.91 Å². The van der Waals surface area contributed by atoms with Gasteiger partial charge in [0.25, 0.3) is 0 Å². The van der Waals surface area contributed by atoms with Gasteiger partial charge in [-0.25, -0.2) is 0 Å². The molecule has 1 saturated carbocycles. The largest absolute Gasteiger partial charge is 0.389 e. The van der Waals surface area contributed by atoms with E-state index in [1.165, 1.54) is 18.4 Å². The number of hydrogen-bond donors (Lipinski definition) is 2. The predicted molar refractivity (Wildman–Crippen MR) is 100 cm³/mol. The molecule has 3 rings (SSSR count). The number of aliphatic hydroxyl groups is 1. The summed E-state index contributed by atoms with van der Waals surface area (Å²) >= 11 is 0. The molecule has 0 aromatic heterocycles. The van der Waals surface area contributed by atoms with E-state index >= 15 is 0 Å². The van der Waals surface area contributed by atoms with Crippen molar-refractivity contribution in [2.75, 3.05) is 32.8 Å². The SMILES string of the molecule is CCN(CC(=O)NC(C)C)CC(O)COCC1=CCC2CC1C2(C)C. The van der Waals surface area contributed by atoms with E-state index < -0.39 is 6.10 Å². The van der Waals surface area contributed by atoms with E-state index in [0.717, 1.165) is 12.5 Å². The highest BCUT2D eigenvalue weighted by Gasteiger charge is 2.50. The molecule has 144 valence electrons. The summed E-state index contributed by atoms with van der Waals surface area (Å²) in [7, 11) is 0. The highest BCUT2D eigenvalue weighted by molar-refractivity contribution is 5.78. The summed E-state index contributed by atoms with van der Waals surface area (Å²) < 4.78 is 5.79. The molecule has 1 amide bonds. The van der Waals surface area contributed by atoms with Gasteiger partial charge in [0, 0.05) is 12.6 Å². The Balaban J connectivity index is 1.68. The number of allylic oxidation sites excluding steroid dienone is 1. The van der Waals surface area contributed by atoms with Crippen molar-refractivity contribution < 1.29 is 14.6 Å². The van der Waals surface area contributed by atoms with Crippen molar-refractivity contribution in [1.82, 2.24) is 10.2 Å². The molecule has 3 aliphatic rings. The van der Waals surface area contributed by atoms with E-state index in [2.05, 4.69) is 25.2 Å². The Morgan fingerprint density at radius 2 is 2.20 bits per heavy atom. The Hall–Kier alpha value is -0.910. The normalized spacial score (nSPS) is 25.5. The van der Waals surface area contributed by atoms with Crippen LogP contribution in [0.1, 0.15) is 47.5 Å². The lowest BCUT2D eigenvalue weighted by Crippen LogP contribution is -2.48. The first-order valence-electron chi connectivity index (χ1n) is 9.70. The fourth-order valence-electron chi connectivity index (χ4n) is 4.18. The van der Waals surface area contributed by atoms with Crippen LogP contribution in [-0.4, -0.2) is 60.9 Å². The number of nitrogens with one attached hydrogen (secondary N) is 1. The van der Waals surface area contributed by atoms with Crippen LogP contribution in [0.4, 0.5) is 0 Å². The van der Waals surface area contributed by atoms with Crippen LogP contribution in [0.15, 0.2) is 11.6 Å². The van der Waals surface area contributed by atoms with Crippen LogP contribution < -0.4 is 5.32 Å². The third-order valence-electron chi connectivity index (χ3n) is 5.89. The molecular formula is C20H36N2O3. The second-order valence-corrected chi connectivity index (χ2v) is 8.54. The average molecular weight is 353 g/mol. The fourth-order valence-corrected chi connectivity index (χ4v) is 4.18. The van der Waals surface area contributed by atoms with Crippen LogP contribution in [0.3, 0.4) is 0 Å². The quantitative estimate of drug-likeness (QED) is 0.592. The van der Waals surface area contributed by atoms with Gasteiger partial charge in [-0.15, -0.1) is 0 Å². The Labute approximate surface area is 152 Å². The first kappa shape index (κ1) is 20.4. The monoisotopic (exact) mass is 352 g/mol. The third kappa shape index (κ3) is 5.28. The van der Waals surface area contributed by atoms with Gasteiger partial charge in [0.1, 0.15) is 0 Å². The number of amides is 1. The van der Waals surface area contributed by atoms with Crippen molar-refractivity contribution in [1.29, 1.82) is 0 Å². The molecule has 0 spiro atoms. The Morgan fingerprint density at radius 1 is 1.48 bits per heavy atom. The van der Waals surface area contributed by atoms with Crippen LogP contribution in [0.2, 0.25) is 0 Å². The molecule has 2 N–H and O–H groups in total. The van der Waals surface area contributed by atoms with Gasteiger partial charge in [-0.2, -0.15) is 0 Å². The Kier molecular flexibility index (Phi) is 7.06. The predicted octanol–water partition coefficient (Wildman–Crippen LogP) is 2.20. The number of nitrogens with zero attached hydrogens (tertiary/aromatic N) is 1. The van der Waals surface area contributed by atoms with Gasteiger partial charge >= 0.3 is 0 Å². The van der Waals surface area contributed by atoms with E-state index in [1.54, 1.807) is 0 Å². The van der Waals surface area contributed by atoms with Crippen molar-refractivity contribution in [2.45, 2.75) is 59.6 Å². The maximum absolute atomic E-state index is 11.9. The van der Waals surface area contributed by atoms with Gasteiger partial charge in [-0.05, 0) is 56.1 Å². The van der Waals surface area contributed by atoms with Gasteiger partial charge in [-0.3, -0.25) is 9.69 Å². The molecule has 25 heavy (non-hydrogen) atoms. The first-order chi connectivity index (χ1) is 11.7. The van der Waals surface area contributed by atoms with E-state index in [1.807, 2.05) is 25.7 Å². The molecule has 2 bridgehead atoms. The molecule has 5 heteroatoms. The lowest BCUT2D eigenvalue weighted by molar-refractivity contribution is -0.123. The summed E-state index contributed by atoms with van der Waals surface area (Å²) in [5.41, 5.74) is 1.82. The zero-order valence-electron chi connectivity index (χ0n) is 16.5. The van der Waals surface area contributed by atoms with Crippen molar-refractivity contribution in [3.63, 3.8) is 0 Å². The molecule has 0 radical (unpaired) electrons. The van der Waals surface area contributed by atoms with Crippen LogP contribution in [-0.2, 0) is 9.53 Å². The van der Waals surface area contributed by atoms with Gasteiger partial charge in [-0.1, -0.05) is 26.8 Å². The summed E-state index contributed by atoms with van der Waals surface area (Å²) in [6.45, 7) is 13.0. The summed E-state index contributed by atoms with van der Waals surface area (Å²) in [4.78, 5) is 13.8. The molecule has 3 atom stereocenters. The summed E-state index contributed by atoms with van der Waals surface area (Å²) in [6, 6.07) is 0.138. The first-order valence-corrected chi connectivity index (χ1v) is 9.70. The van der Waals surface area contributed by atoms with E-state index in [0.29, 0.717) is 37.6 Å². The van der Waals surface area contributed by atoms with Crippen molar-refractivity contribution in [3.05, 3.63) is 11.6 Å². The zero-order chi connectivity index (χ0) is 18.6. The number of likely N-dealkylation sites (N-methyl/N-ethyl adjacent to an activating group) is 1. The third-order valence-corrected chi connectivity index (χ3v) is 5.89. The zero-order valence-corrected chi connectivity index (χ0v) is 16.5. The molecule has 3 unspecified atom stereocenters. The molecule has 5 nitrogen and oxygen atoms in total. The minimum absolute atomic E-state index is 0.000835.